The predicted octanol–water partition coefficient (Wildman–Crippen LogP) is 2.41. The van der Waals surface area contributed by atoms with E-state index in [0.29, 0.717) is 6.42 Å². The monoisotopic (exact) mass is 337 g/mol. The number of sulfone groups is 1. The van der Waals surface area contributed by atoms with Gasteiger partial charge in [-0.25, -0.2) is 8.42 Å². The van der Waals surface area contributed by atoms with Crippen molar-refractivity contribution in [2.75, 3.05) is 5.88 Å². The summed E-state index contributed by atoms with van der Waals surface area (Å²) in [4.78, 5) is 11.2. The Morgan fingerprint density at radius 2 is 1.64 bits per heavy atom. The molecule has 0 radical (unpaired) electrons. The van der Waals surface area contributed by atoms with E-state index in [1.54, 1.807) is 0 Å². The second-order valence-electron chi connectivity index (χ2n) is 4.90. The van der Waals surface area contributed by atoms with E-state index in [1.807, 2.05) is 30.3 Å². The maximum Gasteiger partial charge on any atom is 0.248 e. The number of carbonyl (C=O) groups is 1. The van der Waals surface area contributed by atoms with Crippen LogP contribution in [0.4, 0.5) is 0 Å². The van der Waals surface area contributed by atoms with Gasteiger partial charge in [0.15, 0.2) is 9.84 Å². The molecule has 0 aromatic heterocycles. The first-order valence-corrected chi connectivity index (χ1v) is 8.77. The van der Waals surface area contributed by atoms with Crippen molar-refractivity contribution in [2.45, 2.75) is 16.6 Å². The summed E-state index contributed by atoms with van der Waals surface area (Å²) in [5.41, 5.74) is 6.33. The maximum absolute atomic E-state index is 12.6. The van der Waals surface area contributed by atoms with E-state index in [4.69, 9.17) is 17.3 Å². The molecule has 6 heteroatoms. The number of hydrogen-bond donors (Lipinski definition) is 1. The van der Waals surface area contributed by atoms with Gasteiger partial charge in [-0.2, -0.15) is 0 Å². The minimum Gasteiger partial charge on any atom is -0.366 e. The molecule has 22 heavy (non-hydrogen) atoms. The first-order valence-electron chi connectivity index (χ1n) is 6.69. The van der Waals surface area contributed by atoms with E-state index >= 15 is 0 Å². The topological polar surface area (TPSA) is 77.2 Å². The molecular formula is C16H16ClNO3S. The molecule has 0 aliphatic rings. The molecule has 1 amide bonds. The number of hydrogen-bond acceptors (Lipinski definition) is 3. The van der Waals surface area contributed by atoms with Crippen LogP contribution in [-0.4, -0.2) is 25.5 Å². The SMILES string of the molecule is NC(=O)c1ccc(S(=O)(=O)C(CCl)Cc2ccccc2)cc1. The molecule has 0 heterocycles. The van der Waals surface area contributed by atoms with Gasteiger partial charge >= 0.3 is 0 Å². The second kappa shape index (κ2) is 6.94. The van der Waals surface area contributed by atoms with Crippen LogP contribution in [0.15, 0.2) is 59.5 Å². The van der Waals surface area contributed by atoms with E-state index in [2.05, 4.69) is 0 Å². The lowest BCUT2D eigenvalue weighted by molar-refractivity contribution is 0.1000. The van der Waals surface area contributed by atoms with Crippen molar-refractivity contribution >= 4 is 27.3 Å². The Labute approximate surface area is 134 Å². The van der Waals surface area contributed by atoms with Crippen LogP contribution in [0.2, 0.25) is 0 Å². The third-order valence-corrected chi connectivity index (χ3v) is 6.08. The van der Waals surface area contributed by atoms with Gasteiger partial charge in [-0.1, -0.05) is 30.3 Å². The van der Waals surface area contributed by atoms with Gasteiger partial charge in [0.1, 0.15) is 0 Å². The summed E-state index contributed by atoms with van der Waals surface area (Å²) in [7, 11) is -3.58. The van der Waals surface area contributed by atoms with Gasteiger partial charge in [-0.3, -0.25) is 4.79 Å². The minimum absolute atomic E-state index is 0.00516. The summed E-state index contributed by atoms with van der Waals surface area (Å²) < 4.78 is 25.3. The summed E-state index contributed by atoms with van der Waals surface area (Å²) >= 11 is 5.88. The number of benzene rings is 2. The molecule has 0 aliphatic heterocycles. The van der Waals surface area contributed by atoms with Gasteiger partial charge in [-0.15, -0.1) is 11.6 Å². The molecule has 1 unspecified atom stereocenters. The van der Waals surface area contributed by atoms with Gasteiger partial charge in [0.2, 0.25) is 5.91 Å². The van der Waals surface area contributed by atoms with E-state index in [1.165, 1.54) is 24.3 Å². The molecule has 2 rings (SSSR count). The number of primary amides is 1. The highest BCUT2D eigenvalue weighted by Gasteiger charge is 2.27. The number of alkyl halides is 1. The fourth-order valence-corrected chi connectivity index (χ4v) is 4.21. The predicted molar refractivity (Wildman–Crippen MR) is 86.8 cm³/mol. The molecular weight excluding hydrogens is 322 g/mol. The largest absolute Gasteiger partial charge is 0.366 e. The highest BCUT2D eigenvalue weighted by atomic mass is 35.5. The lowest BCUT2D eigenvalue weighted by Gasteiger charge is -2.15. The van der Waals surface area contributed by atoms with Crippen molar-refractivity contribution in [2.24, 2.45) is 5.73 Å². The smallest absolute Gasteiger partial charge is 0.248 e. The summed E-state index contributed by atoms with van der Waals surface area (Å²) in [6, 6.07) is 14.9. The lowest BCUT2D eigenvalue weighted by Crippen LogP contribution is -2.26. The van der Waals surface area contributed by atoms with Gasteiger partial charge in [0.05, 0.1) is 10.1 Å². The molecule has 1 atom stereocenters. The molecule has 2 N–H and O–H groups in total. The Kier molecular flexibility index (Phi) is 5.21. The number of rotatable bonds is 6. The number of nitrogens with two attached hydrogens (primary N) is 1. The first-order chi connectivity index (χ1) is 10.4. The normalized spacial score (nSPS) is 12.8. The van der Waals surface area contributed by atoms with E-state index in [9.17, 15) is 13.2 Å². The molecule has 0 fully saturated rings. The van der Waals surface area contributed by atoms with Crippen LogP contribution in [-0.2, 0) is 16.3 Å². The van der Waals surface area contributed by atoms with E-state index in [-0.39, 0.29) is 16.3 Å². The van der Waals surface area contributed by atoms with Gasteiger partial charge in [0, 0.05) is 11.4 Å². The van der Waals surface area contributed by atoms with Gasteiger partial charge in [-0.05, 0) is 36.2 Å². The molecule has 0 saturated heterocycles. The third kappa shape index (κ3) is 3.67. The van der Waals surface area contributed by atoms with Crippen LogP contribution >= 0.6 is 11.6 Å². The van der Waals surface area contributed by atoms with Crippen molar-refractivity contribution in [3.63, 3.8) is 0 Å². The fraction of sp³-hybridized carbons (Fsp3) is 0.188. The number of halogens is 1. The first kappa shape index (κ1) is 16.5. The zero-order chi connectivity index (χ0) is 16.2. The molecule has 2 aromatic rings. The minimum atomic E-state index is -3.58. The number of amides is 1. The summed E-state index contributed by atoms with van der Waals surface area (Å²) in [6.45, 7) is 0. The van der Waals surface area contributed by atoms with Crippen molar-refractivity contribution in [1.29, 1.82) is 0 Å². The summed E-state index contributed by atoms with van der Waals surface area (Å²) in [5.74, 6) is -0.600. The molecule has 2 aromatic carbocycles. The zero-order valence-electron chi connectivity index (χ0n) is 11.8. The van der Waals surface area contributed by atoms with E-state index < -0.39 is 21.0 Å². The summed E-state index contributed by atoms with van der Waals surface area (Å²) in [5, 5.41) is -0.726. The highest BCUT2D eigenvalue weighted by Crippen LogP contribution is 2.21. The molecule has 0 spiro atoms. The Morgan fingerprint density at radius 3 is 2.14 bits per heavy atom. The van der Waals surface area contributed by atoms with E-state index in [0.717, 1.165) is 5.56 Å². The zero-order valence-corrected chi connectivity index (χ0v) is 13.3. The average molecular weight is 338 g/mol. The Hall–Kier alpha value is -1.85. The molecule has 0 saturated carbocycles. The van der Waals surface area contributed by atoms with Crippen LogP contribution in [0.3, 0.4) is 0 Å². The molecule has 116 valence electrons. The van der Waals surface area contributed by atoms with Crippen LogP contribution in [0.25, 0.3) is 0 Å². The van der Waals surface area contributed by atoms with Gasteiger partial charge in [0.25, 0.3) is 0 Å². The standard InChI is InChI=1S/C16H16ClNO3S/c17-11-15(10-12-4-2-1-3-5-12)22(20,21)14-8-6-13(7-9-14)16(18)19/h1-9,15H,10-11H2,(H2,18,19). The molecule has 0 bridgehead atoms. The third-order valence-electron chi connectivity index (χ3n) is 3.38. The van der Waals surface area contributed by atoms with Crippen LogP contribution in [0, 0.1) is 0 Å². The Bertz CT molecular complexity index is 743. The van der Waals surface area contributed by atoms with Gasteiger partial charge < -0.3 is 5.73 Å². The average Bonchev–Trinajstić information content (AvgIpc) is 2.53. The number of carbonyl (C=O) groups excluding carboxylic acids is 1. The highest BCUT2D eigenvalue weighted by molar-refractivity contribution is 7.92. The van der Waals surface area contributed by atoms with Crippen LogP contribution < -0.4 is 5.73 Å². The second-order valence-corrected chi connectivity index (χ2v) is 7.44. The molecule has 4 nitrogen and oxygen atoms in total. The van der Waals surface area contributed by atoms with Crippen molar-refractivity contribution < 1.29 is 13.2 Å². The van der Waals surface area contributed by atoms with Crippen molar-refractivity contribution in [3.05, 3.63) is 65.7 Å². The maximum atomic E-state index is 12.6. The molecule has 0 aliphatic carbocycles. The van der Waals surface area contributed by atoms with Crippen LogP contribution in [0.5, 0.6) is 0 Å². The van der Waals surface area contributed by atoms with Crippen molar-refractivity contribution in [3.8, 4) is 0 Å². The van der Waals surface area contributed by atoms with Crippen LogP contribution in [0.1, 0.15) is 15.9 Å². The quantitative estimate of drug-likeness (QED) is 0.822. The Morgan fingerprint density at radius 1 is 1.05 bits per heavy atom. The summed E-state index contributed by atoms with van der Waals surface area (Å²) in [6.07, 6.45) is 0.338. The van der Waals surface area contributed by atoms with Crippen molar-refractivity contribution in [1.82, 2.24) is 0 Å². The lowest BCUT2D eigenvalue weighted by atomic mass is 10.1. The Balaban J connectivity index is 2.28. The fourth-order valence-electron chi connectivity index (χ4n) is 2.13.